The Kier molecular flexibility index (Phi) is 4.45. The van der Waals surface area contributed by atoms with Gasteiger partial charge >= 0.3 is 5.97 Å². The van der Waals surface area contributed by atoms with E-state index in [1.807, 2.05) is 17.0 Å². The maximum atomic E-state index is 13.3. The normalized spacial score (nSPS) is 23.1. The van der Waals surface area contributed by atoms with E-state index in [9.17, 15) is 14.7 Å². The van der Waals surface area contributed by atoms with Gasteiger partial charge in [0.1, 0.15) is 5.92 Å². The average Bonchev–Trinajstić information content (AvgIpc) is 3.16. The number of fused-ring (bicyclic) bond motifs is 1. The number of carboxylic acids is 1. The van der Waals surface area contributed by atoms with Crippen LogP contribution in [0.2, 0.25) is 5.02 Å². The monoisotopic (exact) mass is 369 g/mol. The molecule has 1 N–H and O–H groups in total. The molecule has 2 unspecified atom stereocenters. The van der Waals surface area contributed by atoms with E-state index in [0.717, 1.165) is 31.2 Å². The summed E-state index contributed by atoms with van der Waals surface area (Å²) in [6, 6.07) is 13.9. The molecule has 1 aliphatic heterocycles. The number of aliphatic carboxylic acids is 1. The fraction of sp³-hybridized carbons (Fsp3) is 0.333. The quantitative estimate of drug-likeness (QED) is 0.856. The fourth-order valence-electron chi connectivity index (χ4n) is 4.42. The van der Waals surface area contributed by atoms with Gasteiger partial charge in [0.05, 0.1) is 6.04 Å². The third-order valence-corrected chi connectivity index (χ3v) is 5.82. The Morgan fingerprint density at radius 1 is 1.04 bits per heavy atom. The van der Waals surface area contributed by atoms with E-state index in [0.29, 0.717) is 16.1 Å². The SMILES string of the molecule is O=C(O)C1c2ccccc2C(=O)N(C2CCCC2)C1c1ccc(Cl)cc1. The summed E-state index contributed by atoms with van der Waals surface area (Å²) in [4.78, 5) is 27.4. The van der Waals surface area contributed by atoms with Gasteiger partial charge in [-0.1, -0.05) is 54.8 Å². The summed E-state index contributed by atoms with van der Waals surface area (Å²) in [5, 5.41) is 10.6. The first kappa shape index (κ1) is 17.1. The Hall–Kier alpha value is -2.33. The molecule has 0 radical (unpaired) electrons. The van der Waals surface area contributed by atoms with Gasteiger partial charge in [-0.05, 0) is 42.2 Å². The smallest absolute Gasteiger partial charge is 0.313 e. The van der Waals surface area contributed by atoms with Crippen LogP contribution in [0.1, 0.15) is 59.1 Å². The van der Waals surface area contributed by atoms with E-state index in [2.05, 4.69) is 0 Å². The number of rotatable bonds is 3. The van der Waals surface area contributed by atoms with Crippen molar-refractivity contribution in [2.75, 3.05) is 0 Å². The second-order valence-corrected chi connectivity index (χ2v) is 7.49. The maximum absolute atomic E-state index is 13.3. The summed E-state index contributed by atoms with van der Waals surface area (Å²) in [5.74, 6) is -1.76. The average molecular weight is 370 g/mol. The van der Waals surface area contributed by atoms with E-state index < -0.39 is 17.9 Å². The van der Waals surface area contributed by atoms with Gasteiger partial charge < -0.3 is 10.0 Å². The molecule has 2 aromatic rings. The van der Waals surface area contributed by atoms with Crippen LogP contribution in [0.15, 0.2) is 48.5 Å². The van der Waals surface area contributed by atoms with E-state index in [1.54, 1.807) is 36.4 Å². The Balaban J connectivity index is 1.91. The zero-order valence-corrected chi connectivity index (χ0v) is 15.0. The van der Waals surface area contributed by atoms with Crippen molar-refractivity contribution >= 4 is 23.5 Å². The molecule has 2 atom stereocenters. The lowest BCUT2D eigenvalue weighted by atomic mass is 9.79. The van der Waals surface area contributed by atoms with Crippen molar-refractivity contribution in [3.63, 3.8) is 0 Å². The van der Waals surface area contributed by atoms with Gasteiger partial charge in [-0.3, -0.25) is 9.59 Å². The van der Waals surface area contributed by atoms with Crippen molar-refractivity contribution in [2.45, 2.75) is 43.7 Å². The lowest BCUT2D eigenvalue weighted by Crippen LogP contribution is -2.49. The highest BCUT2D eigenvalue weighted by molar-refractivity contribution is 6.30. The second kappa shape index (κ2) is 6.76. The molecule has 1 heterocycles. The summed E-state index contributed by atoms with van der Waals surface area (Å²) >= 11 is 6.03. The summed E-state index contributed by atoms with van der Waals surface area (Å²) < 4.78 is 0. The highest BCUT2D eigenvalue weighted by Gasteiger charge is 2.46. The van der Waals surface area contributed by atoms with Crippen molar-refractivity contribution in [3.05, 3.63) is 70.2 Å². The molecule has 1 aliphatic carbocycles. The van der Waals surface area contributed by atoms with Crippen LogP contribution in [-0.2, 0) is 4.79 Å². The Morgan fingerprint density at radius 3 is 2.35 bits per heavy atom. The highest BCUT2D eigenvalue weighted by atomic mass is 35.5. The molecule has 2 aromatic carbocycles. The zero-order valence-electron chi connectivity index (χ0n) is 14.3. The molecule has 4 rings (SSSR count). The molecule has 26 heavy (non-hydrogen) atoms. The molecular weight excluding hydrogens is 350 g/mol. The largest absolute Gasteiger partial charge is 0.481 e. The molecule has 4 nitrogen and oxygen atoms in total. The molecule has 5 heteroatoms. The van der Waals surface area contributed by atoms with Gasteiger partial charge in [0.15, 0.2) is 0 Å². The van der Waals surface area contributed by atoms with Crippen LogP contribution in [0, 0.1) is 0 Å². The number of carboxylic acid groups (broad SMARTS) is 1. The summed E-state index contributed by atoms with van der Waals surface area (Å²) in [5.41, 5.74) is 1.92. The van der Waals surface area contributed by atoms with Crippen LogP contribution >= 0.6 is 11.6 Å². The minimum absolute atomic E-state index is 0.0649. The Morgan fingerprint density at radius 2 is 1.69 bits per heavy atom. The van der Waals surface area contributed by atoms with Gasteiger partial charge in [-0.25, -0.2) is 0 Å². The Labute approximate surface area is 157 Å². The van der Waals surface area contributed by atoms with Crippen LogP contribution in [0.25, 0.3) is 0 Å². The lowest BCUT2D eigenvalue weighted by Gasteiger charge is -2.44. The van der Waals surface area contributed by atoms with Gasteiger partial charge in [-0.15, -0.1) is 0 Å². The summed E-state index contributed by atoms with van der Waals surface area (Å²) in [7, 11) is 0. The molecule has 0 spiro atoms. The number of amides is 1. The molecular formula is C21H20ClNO3. The minimum Gasteiger partial charge on any atom is -0.481 e. The van der Waals surface area contributed by atoms with Crippen molar-refractivity contribution in [1.82, 2.24) is 4.90 Å². The highest BCUT2D eigenvalue weighted by Crippen LogP contribution is 2.46. The third kappa shape index (κ3) is 2.78. The number of nitrogens with zero attached hydrogens (tertiary/aromatic N) is 1. The molecule has 0 bridgehead atoms. The van der Waals surface area contributed by atoms with Crippen molar-refractivity contribution in [2.24, 2.45) is 0 Å². The van der Waals surface area contributed by atoms with Crippen LogP contribution in [0.5, 0.6) is 0 Å². The maximum Gasteiger partial charge on any atom is 0.313 e. The van der Waals surface area contributed by atoms with Crippen LogP contribution < -0.4 is 0 Å². The second-order valence-electron chi connectivity index (χ2n) is 7.05. The van der Waals surface area contributed by atoms with E-state index in [4.69, 9.17) is 11.6 Å². The fourth-order valence-corrected chi connectivity index (χ4v) is 4.54. The Bertz CT molecular complexity index is 843. The molecule has 1 fully saturated rings. The number of carbonyl (C=O) groups excluding carboxylic acids is 1. The predicted octanol–water partition coefficient (Wildman–Crippen LogP) is 4.65. The first-order valence-electron chi connectivity index (χ1n) is 8.98. The molecule has 134 valence electrons. The number of carbonyl (C=O) groups is 2. The zero-order chi connectivity index (χ0) is 18.3. The number of halogens is 1. The van der Waals surface area contributed by atoms with E-state index in [1.165, 1.54) is 0 Å². The molecule has 0 aromatic heterocycles. The third-order valence-electron chi connectivity index (χ3n) is 5.57. The number of benzene rings is 2. The van der Waals surface area contributed by atoms with Gasteiger partial charge in [0, 0.05) is 16.6 Å². The van der Waals surface area contributed by atoms with Gasteiger partial charge in [0.25, 0.3) is 5.91 Å². The topological polar surface area (TPSA) is 57.6 Å². The molecule has 2 aliphatic rings. The van der Waals surface area contributed by atoms with E-state index >= 15 is 0 Å². The first-order chi connectivity index (χ1) is 12.6. The lowest BCUT2D eigenvalue weighted by molar-refractivity contribution is -0.140. The van der Waals surface area contributed by atoms with Crippen LogP contribution in [0.4, 0.5) is 0 Å². The van der Waals surface area contributed by atoms with Crippen molar-refractivity contribution < 1.29 is 14.7 Å². The van der Waals surface area contributed by atoms with Crippen LogP contribution in [-0.4, -0.2) is 27.9 Å². The number of hydrogen-bond donors (Lipinski definition) is 1. The van der Waals surface area contributed by atoms with Crippen molar-refractivity contribution in [3.8, 4) is 0 Å². The van der Waals surface area contributed by atoms with E-state index in [-0.39, 0.29) is 11.9 Å². The van der Waals surface area contributed by atoms with Crippen molar-refractivity contribution in [1.29, 1.82) is 0 Å². The number of hydrogen-bond acceptors (Lipinski definition) is 2. The van der Waals surface area contributed by atoms with Gasteiger partial charge in [0.2, 0.25) is 0 Å². The molecule has 1 amide bonds. The minimum atomic E-state index is -0.909. The predicted molar refractivity (Wildman–Crippen MR) is 99.4 cm³/mol. The molecule has 0 saturated heterocycles. The van der Waals surface area contributed by atoms with Gasteiger partial charge in [-0.2, -0.15) is 0 Å². The first-order valence-corrected chi connectivity index (χ1v) is 9.35. The summed E-state index contributed by atoms with van der Waals surface area (Å²) in [6.07, 6.45) is 3.98. The standard InChI is InChI=1S/C21H20ClNO3/c22-14-11-9-13(10-12-14)19-18(21(25)26)16-7-3-4-8-17(16)20(24)23(19)15-5-1-2-6-15/h3-4,7-12,15,18-19H,1-2,5-6H2,(H,25,26). The molecule has 1 saturated carbocycles. The summed E-state index contributed by atoms with van der Waals surface area (Å²) in [6.45, 7) is 0. The van der Waals surface area contributed by atoms with Crippen LogP contribution in [0.3, 0.4) is 0 Å².